The van der Waals surface area contributed by atoms with Crippen LogP contribution in [0.4, 0.5) is 4.79 Å². The summed E-state index contributed by atoms with van der Waals surface area (Å²) < 4.78 is 18.6. The van der Waals surface area contributed by atoms with Gasteiger partial charge in [0.1, 0.15) is 29.8 Å². The van der Waals surface area contributed by atoms with Crippen molar-refractivity contribution in [3.8, 4) is 11.8 Å². The molecule has 0 radical (unpaired) electrons. The monoisotopic (exact) mass is 522 g/mol. The zero-order valence-electron chi connectivity index (χ0n) is 23.4. The molecule has 2 aromatic heterocycles. The molecule has 1 aliphatic rings. The molecule has 38 heavy (non-hydrogen) atoms. The molecule has 1 amide bonds. The number of aliphatic imine (C=N–C) groups is 1. The molecule has 2 aromatic rings. The van der Waals surface area contributed by atoms with Crippen LogP contribution in [0.25, 0.3) is 11.1 Å². The van der Waals surface area contributed by atoms with Gasteiger partial charge in [0, 0.05) is 38.9 Å². The van der Waals surface area contributed by atoms with Crippen LogP contribution in [0.2, 0.25) is 0 Å². The van der Waals surface area contributed by atoms with Crippen LogP contribution in [-0.4, -0.2) is 83.3 Å². The number of piperazine rings is 1. The minimum Gasteiger partial charge on any atom is -0.489 e. The van der Waals surface area contributed by atoms with Gasteiger partial charge < -0.3 is 24.0 Å². The molecule has 0 atom stereocenters. The van der Waals surface area contributed by atoms with Gasteiger partial charge in [-0.2, -0.15) is 10.4 Å². The van der Waals surface area contributed by atoms with Crippen molar-refractivity contribution in [3.63, 3.8) is 0 Å². The first kappa shape index (κ1) is 28.7. The number of hydrogen-bond donors (Lipinski definition) is 0. The molecule has 1 saturated heterocycles. The van der Waals surface area contributed by atoms with E-state index in [0.717, 1.165) is 11.1 Å². The van der Waals surface area contributed by atoms with Crippen molar-refractivity contribution in [2.75, 3.05) is 39.9 Å². The number of carbonyl (C=O) groups is 1. The normalized spacial score (nSPS) is 15.4. The van der Waals surface area contributed by atoms with Crippen molar-refractivity contribution < 1.29 is 19.0 Å². The molecule has 0 saturated carbocycles. The minimum atomic E-state index is -0.529. The lowest BCUT2D eigenvalue weighted by atomic mass is 10.0. The smallest absolute Gasteiger partial charge is 0.410 e. The molecule has 0 aromatic carbocycles. The molecule has 1 fully saturated rings. The highest BCUT2D eigenvalue weighted by atomic mass is 16.6. The number of allylic oxidation sites excluding steroid dienone is 3. The summed E-state index contributed by atoms with van der Waals surface area (Å²) in [4.78, 5) is 20.4. The number of carbonyl (C=O) groups excluding carboxylic acids is 1. The molecular formula is C28H38N6O4. The molecule has 0 bridgehead atoms. The van der Waals surface area contributed by atoms with E-state index in [4.69, 9.17) is 14.2 Å². The standard InChI is InChI=1S/C28H38N6O4/c1-20(9-10-24(30-7)32-11-13-33(14-12-32)26(35)38-27(2,3)4)23-15-22(37-19-28(5,6)36-8)18-34-25(23)21(16-29)17-31-34/h9-10,15,17-18H,7,11-14,19H2,1-6,8H3/b20-9+,24-10+. The number of fused-ring (bicyclic) bond motifs is 1. The Morgan fingerprint density at radius 3 is 2.42 bits per heavy atom. The van der Waals surface area contributed by atoms with Gasteiger partial charge in [0.2, 0.25) is 0 Å². The lowest BCUT2D eigenvalue weighted by Gasteiger charge is -2.36. The Bertz CT molecular complexity index is 1270. The van der Waals surface area contributed by atoms with Crippen LogP contribution >= 0.6 is 0 Å². The van der Waals surface area contributed by atoms with E-state index >= 15 is 0 Å². The second-order valence-electron chi connectivity index (χ2n) is 10.8. The lowest BCUT2D eigenvalue weighted by molar-refractivity contribution is -0.0147. The maximum atomic E-state index is 12.4. The summed E-state index contributed by atoms with van der Waals surface area (Å²) in [6, 6.07) is 4.13. The topological polar surface area (TPSA) is 105 Å². The third-order valence-corrected chi connectivity index (χ3v) is 6.17. The summed E-state index contributed by atoms with van der Waals surface area (Å²) in [6.45, 7) is 17.8. The molecule has 0 spiro atoms. The largest absolute Gasteiger partial charge is 0.489 e. The number of hydrogen-bond acceptors (Lipinski definition) is 8. The first-order chi connectivity index (χ1) is 17.9. The second kappa shape index (κ2) is 11.7. The van der Waals surface area contributed by atoms with Crippen molar-refractivity contribution in [1.29, 1.82) is 5.26 Å². The van der Waals surface area contributed by atoms with Gasteiger partial charge in [-0.15, -0.1) is 0 Å². The van der Waals surface area contributed by atoms with Crippen LogP contribution in [-0.2, 0) is 9.47 Å². The van der Waals surface area contributed by atoms with E-state index < -0.39 is 11.2 Å². The summed E-state index contributed by atoms with van der Waals surface area (Å²) in [6.07, 6.45) is 6.84. The molecule has 3 rings (SSSR count). The van der Waals surface area contributed by atoms with Crippen molar-refractivity contribution in [2.45, 2.75) is 52.7 Å². The Hall–Kier alpha value is -3.84. The van der Waals surface area contributed by atoms with E-state index in [1.807, 2.05) is 59.8 Å². The summed E-state index contributed by atoms with van der Waals surface area (Å²) in [5.41, 5.74) is 1.91. The molecule has 0 aliphatic carbocycles. The average molecular weight is 523 g/mol. The van der Waals surface area contributed by atoms with E-state index in [-0.39, 0.29) is 6.09 Å². The number of amides is 1. The van der Waals surface area contributed by atoms with E-state index in [1.165, 1.54) is 0 Å². The number of pyridine rings is 1. The molecule has 1 aliphatic heterocycles. The van der Waals surface area contributed by atoms with Gasteiger partial charge in [0.15, 0.2) is 0 Å². The predicted molar refractivity (Wildman–Crippen MR) is 147 cm³/mol. The Morgan fingerprint density at radius 2 is 1.84 bits per heavy atom. The summed E-state index contributed by atoms with van der Waals surface area (Å²) in [5.74, 6) is 1.31. The zero-order valence-corrected chi connectivity index (χ0v) is 23.4. The summed E-state index contributed by atoms with van der Waals surface area (Å²) in [5, 5.41) is 14.0. The maximum absolute atomic E-state index is 12.4. The quantitative estimate of drug-likeness (QED) is 0.371. The number of methoxy groups -OCH3 is 1. The van der Waals surface area contributed by atoms with Gasteiger partial charge in [-0.1, -0.05) is 6.08 Å². The van der Waals surface area contributed by atoms with Gasteiger partial charge >= 0.3 is 6.09 Å². The molecule has 3 heterocycles. The fourth-order valence-electron chi connectivity index (χ4n) is 3.87. The highest BCUT2D eigenvalue weighted by Crippen LogP contribution is 2.28. The van der Waals surface area contributed by atoms with Gasteiger partial charge in [-0.3, -0.25) is 0 Å². The molecular weight excluding hydrogens is 484 g/mol. The van der Waals surface area contributed by atoms with E-state index in [2.05, 4.69) is 27.8 Å². The molecule has 10 nitrogen and oxygen atoms in total. The highest BCUT2D eigenvalue weighted by Gasteiger charge is 2.26. The predicted octanol–water partition coefficient (Wildman–Crippen LogP) is 4.51. The van der Waals surface area contributed by atoms with Crippen LogP contribution in [0, 0.1) is 11.3 Å². The third kappa shape index (κ3) is 7.13. The van der Waals surface area contributed by atoms with Gasteiger partial charge in [0.25, 0.3) is 0 Å². The second-order valence-corrected chi connectivity index (χ2v) is 10.8. The first-order valence-corrected chi connectivity index (χ1v) is 12.6. The minimum absolute atomic E-state index is 0.306. The zero-order chi connectivity index (χ0) is 28.1. The third-order valence-electron chi connectivity index (χ3n) is 6.17. The van der Waals surface area contributed by atoms with Crippen molar-refractivity contribution in [1.82, 2.24) is 19.4 Å². The van der Waals surface area contributed by atoms with Crippen LogP contribution in [0.3, 0.4) is 0 Å². The Morgan fingerprint density at radius 1 is 1.18 bits per heavy atom. The van der Waals surface area contributed by atoms with Crippen molar-refractivity contribution >= 4 is 23.9 Å². The fourth-order valence-corrected chi connectivity index (χ4v) is 3.87. The van der Waals surface area contributed by atoms with E-state index in [9.17, 15) is 10.1 Å². The number of nitriles is 1. The van der Waals surface area contributed by atoms with Crippen LogP contribution in [0.5, 0.6) is 5.75 Å². The fraction of sp³-hybridized carbons (Fsp3) is 0.500. The SMILES string of the molecule is C=N/C(=C\C=C(/C)c1cc(OCC(C)(C)OC)cn2ncc(C#N)c12)N1CCN(C(=O)OC(C)(C)C)CC1. The summed E-state index contributed by atoms with van der Waals surface area (Å²) >= 11 is 0. The Labute approximate surface area is 224 Å². The van der Waals surface area contributed by atoms with Gasteiger partial charge in [0.05, 0.1) is 29.1 Å². The van der Waals surface area contributed by atoms with E-state index in [1.54, 1.807) is 28.9 Å². The van der Waals surface area contributed by atoms with Gasteiger partial charge in [-0.05, 0) is 66.0 Å². The number of nitrogens with zero attached hydrogens (tertiary/aromatic N) is 6. The first-order valence-electron chi connectivity index (χ1n) is 12.6. The highest BCUT2D eigenvalue weighted by molar-refractivity contribution is 5.82. The number of aromatic nitrogens is 2. The Balaban J connectivity index is 1.83. The lowest BCUT2D eigenvalue weighted by Crippen LogP contribution is -2.49. The number of rotatable bonds is 8. The Kier molecular flexibility index (Phi) is 8.84. The maximum Gasteiger partial charge on any atom is 0.410 e. The van der Waals surface area contributed by atoms with E-state index in [0.29, 0.717) is 55.4 Å². The van der Waals surface area contributed by atoms with Crippen molar-refractivity contribution in [2.24, 2.45) is 4.99 Å². The molecule has 0 N–H and O–H groups in total. The van der Waals surface area contributed by atoms with Crippen LogP contribution in [0.15, 0.2) is 41.4 Å². The van der Waals surface area contributed by atoms with Gasteiger partial charge in [-0.25, -0.2) is 14.3 Å². The number of ether oxygens (including phenoxy) is 3. The molecule has 10 heteroatoms. The van der Waals surface area contributed by atoms with Crippen LogP contribution < -0.4 is 4.74 Å². The molecule has 204 valence electrons. The van der Waals surface area contributed by atoms with Crippen LogP contribution in [0.1, 0.15) is 52.7 Å². The van der Waals surface area contributed by atoms with Crippen molar-refractivity contribution in [3.05, 3.63) is 47.6 Å². The average Bonchev–Trinajstić information content (AvgIpc) is 3.29. The molecule has 0 unspecified atom stereocenters. The summed E-state index contributed by atoms with van der Waals surface area (Å²) in [7, 11) is 1.65.